The zero-order valence-corrected chi connectivity index (χ0v) is 8.49. The van der Waals surface area contributed by atoms with Crippen molar-refractivity contribution in [2.45, 2.75) is 6.92 Å². The van der Waals surface area contributed by atoms with E-state index in [1.165, 1.54) is 0 Å². The number of aryl methyl sites for hydroxylation is 1. The van der Waals surface area contributed by atoms with E-state index in [2.05, 4.69) is 9.97 Å². The summed E-state index contributed by atoms with van der Waals surface area (Å²) in [7, 11) is 0. The van der Waals surface area contributed by atoms with Gasteiger partial charge >= 0.3 is 11.9 Å². The monoisotopic (exact) mass is 225 g/mol. The Morgan fingerprint density at radius 2 is 1.81 bits per heavy atom. The fraction of sp³-hybridized carbons (Fsp3) is 0.111. The van der Waals surface area contributed by atoms with Gasteiger partial charge < -0.3 is 15.9 Å². The topological polar surface area (TPSA) is 126 Å². The number of anilines is 1. The number of nitrogens with zero attached hydrogens (tertiary/aromatic N) is 2. The van der Waals surface area contributed by atoms with Crippen molar-refractivity contribution in [2.24, 2.45) is 0 Å². The van der Waals surface area contributed by atoms with Crippen LogP contribution in [0.4, 0.5) is 5.95 Å². The Labute approximate surface area is 91.3 Å². The first-order valence-electron chi connectivity index (χ1n) is 4.11. The number of nitrogens with two attached hydrogens (primary N) is 1. The molecule has 7 nitrogen and oxygen atoms in total. The van der Waals surface area contributed by atoms with E-state index in [-0.39, 0.29) is 0 Å². The maximum absolute atomic E-state index is 9.55. The molecule has 0 aliphatic heterocycles. The van der Waals surface area contributed by atoms with Crippen LogP contribution in [0.5, 0.6) is 0 Å². The maximum atomic E-state index is 9.55. The van der Waals surface area contributed by atoms with Crippen molar-refractivity contribution >= 4 is 17.9 Å². The SMILES string of the molecule is Cc1ccnc(N)n1.O=C(O)/C=C\C(=O)O. The molecular weight excluding hydrogens is 214 g/mol. The number of aromatic nitrogens is 2. The van der Waals surface area contributed by atoms with Gasteiger partial charge in [0.25, 0.3) is 0 Å². The molecular formula is C9H11N3O4. The number of hydrogen-bond acceptors (Lipinski definition) is 5. The summed E-state index contributed by atoms with van der Waals surface area (Å²) in [5, 5.41) is 15.6. The van der Waals surface area contributed by atoms with Gasteiger partial charge in [-0.3, -0.25) is 0 Å². The predicted molar refractivity (Wildman–Crippen MR) is 55.6 cm³/mol. The lowest BCUT2D eigenvalue weighted by Crippen LogP contribution is -1.93. The third kappa shape index (κ3) is 8.17. The fourth-order valence-electron chi connectivity index (χ4n) is 0.611. The normalized spacial score (nSPS) is 9.31. The molecule has 0 spiro atoms. The van der Waals surface area contributed by atoms with Crippen molar-refractivity contribution < 1.29 is 19.8 Å². The van der Waals surface area contributed by atoms with Crippen molar-refractivity contribution in [1.29, 1.82) is 0 Å². The molecule has 0 aliphatic rings. The second-order valence-corrected chi connectivity index (χ2v) is 2.57. The Balaban J connectivity index is 0.000000281. The van der Waals surface area contributed by atoms with E-state index in [1.54, 1.807) is 12.3 Å². The molecule has 4 N–H and O–H groups in total. The van der Waals surface area contributed by atoms with Crippen LogP contribution in [-0.2, 0) is 9.59 Å². The predicted octanol–water partition coefficient (Wildman–Crippen LogP) is 0.0790. The van der Waals surface area contributed by atoms with Gasteiger partial charge in [-0.2, -0.15) is 0 Å². The van der Waals surface area contributed by atoms with Gasteiger partial charge in [-0.1, -0.05) is 0 Å². The van der Waals surface area contributed by atoms with Gasteiger partial charge in [-0.25, -0.2) is 19.6 Å². The first kappa shape index (κ1) is 13.6. The molecule has 0 saturated heterocycles. The van der Waals surface area contributed by atoms with Crippen molar-refractivity contribution in [3.05, 3.63) is 30.1 Å². The lowest BCUT2D eigenvalue weighted by atomic mass is 10.5. The summed E-state index contributed by atoms with van der Waals surface area (Å²) in [5.74, 6) is -2.18. The van der Waals surface area contributed by atoms with Gasteiger partial charge in [-0.15, -0.1) is 0 Å². The van der Waals surface area contributed by atoms with Gasteiger partial charge in [-0.05, 0) is 13.0 Å². The highest BCUT2D eigenvalue weighted by Crippen LogP contribution is 1.91. The average Bonchev–Trinajstić information content (AvgIpc) is 2.15. The number of carboxylic acid groups (broad SMARTS) is 2. The minimum atomic E-state index is -1.26. The highest BCUT2D eigenvalue weighted by Gasteiger charge is 1.88. The summed E-state index contributed by atoms with van der Waals surface area (Å²) < 4.78 is 0. The Hall–Kier alpha value is -2.44. The Kier molecular flexibility index (Phi) is 5.88. The van der Waals surface area contributed by atoms with E-state index in [1.807, 2.05) is 6.92 Å². The molecule has 0 aliphatic carbocycles. The molecule has 0 atom stereocenters. The lowest BCUT2D eigenvalue weighted by molar-refractivity contribution is -0.134. The zero-order chi connectivity index (χ0) is 12.6. The molecule has 0 amide bonds. The summed E-state index contributed by atoms with van der Waals surface area (Å²) in [5.41, 5.74) is 6.14. The molecule has 0 bridgehead atoms. The number of aliphatic carboxylic acids is 2. The minimum Gasteiger partial charge on any atom is -0.478 e. The molecule has 0 unspecified atom stereocenters. The molecule has 0 aromatic carbocycles. The Morgan fingerprint density at radius 3 is 2.06 bits per heavy atom. The Morgan fingerprint density at radius 1 is 1.31 bits per heavy atom. The van der Waals surface area contributed by atoms with Gasteiger partial charge in [0.15, 0.2) is 0 Å². The molecule has 0 saturated carbocycles. The molecule has 1 aromatic heterocycles. The third-order valence-electron chi connectivity index (χ3n) is 1.18. The molecule has 1 heterocycles. The zero-order valence-electron chi connectivity index (χ0n) is 8.49. The second-order valence-electron chi connectivity index (χ2n) is 2.57. The molecule has 16 heavy (non-hydrogen) atoms. The van der Waals surface area contributed by atoms with E-state index in [4.69, 9.17) is 15.9 Å². The molecule has 1 aromatic rings. The van der Waals surface area contributed by atoms with Crippen molar-refractivity contribution in [2.75, 3.05) is 5.73 Å². The summed E-state index contributed by atoms with van der Waals surface area (Å²) >= 11 is 0. The van der Waals surface area contributed by atoms with Crippen molar-refractivity contribution in [3.8, 4) is 0 Å². The first-order chi connectivity index (χ1) is 7.41. The van der Waals surface area contributed by atoms with E-state index < -0.39 is 11.9 Å². The van der Waals surface area contributed by atoms with Gasteiger partial charge in [0.1, 0.15) is 0 Å². The van der Waals surface area contributed by atoms with Gasteiger partial charge in [0.2, 0.25) is 5.95 Å². The minimum absolute atomic E-state index is 0.338. The van der Waals surface area contributed by atoms with Crippen LogP contribution >= 0.6 is 0 Å². The first-order valence-corrected chi connectivity index (χ1v) is 4.11. The maximum Gasteiger partial charge on any atom is 0.328 e. The highest BCUT2D eigenvalue weighted by atomic mass is 16.4. The smallest absolute Gasteiger partial charge is 0.328 e. The van der Waals surface area contributed by atoms with Crippen molar-refractivity contribution in [1.82, 2.24) is 9.97 Å². The van der Waals surface area contributed by atoms with Gasteiger partial charge in [0.05, 0.1) is 0 Å². The van der Waals surface area contributed by atoms with E-state index >= 15 is 0 Å². The van der Waals surface area contributed by atoms with Crippen LogP contribution in [0.25, 0.3) is 0 Å². The highest BCUT2D eigenvalue weighted by molar-refractivity contribution is 5.89. The van der Waals surface area contributed by atoms with E-state index in [0.29, 0.717) is 18.1 Å². The number of nitrogen functional groups attached to an aromatic ring is 1. The standard InChI is InChI=1S/C5H7N3.C4H4O4/c1-4-2-3-7-5(6)8-4;5-3(6)1-2-4(7)8/h2-3H,1H3,(H2,6,7,8);1-2H,(H,5,6)(H,7,8)/b;2-1-. The molecule has 0 radical (unpaired) electrons. The van der Waals surface area contributed by atoms with Gasteiger partial charge in [0, 0.05) is 24.0 Å². The van der Waals surface area contributed by atoms with Crippen LogP contribution in [0.15, 0.2) is 24.4 Å². The van der Waals surface area contributed by atoms with Crippen molar-refractivity contribution in [3.63, 3.8) is 0 Å². The van der Waals surface area contributed by atoms with E-state index in [0.717, 1.165) is 5.69 Å². The summed E-state index contributed by atoms with van der Waals surface area (Å²) in [6, 6.07) is 1.80. The van der Waals surface area contributed by atoms with Crippen LogP contribution in [0.3, 0.4) is 0 Å². The van der Waals surface area contributed by atoms with Crippen LogP contribution < -0.4 is 5.73 Å². The molecule has 7 heteroatoms. The number of carbonyl (C=O) groups is 2. The molecule has 1 rings (SSSR count). The molecule has 86 valence electrons. The summed E-state index contributed by atoms with van der Waals surface area (Å²) in [4.78, 5) is 26.7. The number of rotatable bonds is 2. The molecule has 0 fully saturated rings. The quantitative estimate of drug-likeness (QED) is 0.608. The lowest BCUT2D eigenvalue weighted by Gasteiger charge is -1.89. The van der Waals surface area contributed by atoms with Crippen LogP contribution in [0.2, 0.25) is 0 Å². The summed E-state index contributed by atoms with van der Waals surface area (Å²) in [6.07, 6.45) is 2.75. The number of carboxylic acids is 2. The fourth-order valence-corrected chi connectivity index (χ4v) is 0.611. The number of hydrogen-bond donors (Lipinski definition) is 3. The Bertz CT molecular complexity index is 370. The van der Waals surface area contributed by atoms with Crippen LogP contribution in [0.1, 0.15) is 5.69 Å². The third-order valence-corrected chi connectivity index (χ3v) is 1.18. The van der Waals surface area contributed by atoms with Crippen LogP contribution in [-0.4, -0.2) is 32.1 Å². The summed E-state index contributed by atoms with van der Waals surface area (Å²) in [6.45, 7) is 1.87. The van der Waals surface area contributed by atoms with Crippen LogP contribution in [0, 0.1) is 6.92 Å². The largest absolute Gasteiger partial charge is 0.478 e. The van der Waals surface area contributed by atoms with E-state index in [9.17, 15) is 9.59 Å². The second kappa shape index (κ2) is 6.93. The average molecular weight is 225 g/mol.